The highest BCUT2D eigenvalue weighted by Gasteiger charge is 2.26. The van der Waals surface area contributed by atoms with Gasteiger partial charge in [0, 0.05) is 18.1 Å². The molecule has 1 fully saturated rings. The fourth-order valence-electron chi connectivity index (χ4n) is 1.74. The molecule has 6 nitrogen and oxygen atoms in total. The summed E-state index contributed by atoms with van der Waals surface area (Å²) in [6.07, 6.45) is 2.21. The van der Waals surface area contributed by atoms with Crippen molar-refractivity contribution in [1.82, 2.24) is 0 Å². The van der Waals surface area contributed by atoms with Crippen LogP contribution in [-0.4, -0.2) is 44.2 Å². The minimum absolute atomic E-state index is 0.247. The molecule has 0 spiro atoms. The smallest absolute Gasteiger partial charge is 0.331 e. The Bertz CT molecular complexity index is 380. The van der Waals surface area contributed by atoms with Crippen molar-refractivity contribution in [2.45, 2.75) is 46.5 Å². The van der Waals surface area contributed by atoms with Crippen LogP contribution in [0.4, 0.5) is 0 Å². The Hall–Kier alpha value is -1.40. The summed E-state index contributed by atoms with van der Waals surface area (Å²) in [5, 5.41) is 0. The molecule has 0 aromatic carbocycles. The minimum Gasteiger partial charge on any atom is -0.463 e. The second-order valence-electron chi connectivity index (χ2n) is 6.02. The van der Waals surface area contributed by atoms with Crippen LogP contribution in [0.3, 0.4) is 0 Å². The predicted octanol–water partition coefficient (Wildman–Crippen LogP) is 2.07. The third-order valence-electron chi connectivity index (χ3n) is 3.01. The van der Waals surface area contributed by atoms with E-state index >= 15 is 0 Å². The molecule has 0 amide bonds. The third kappa shape index (κ3) is 7.56. The Morgan fingerprint density at radius 2 is 1.68 bits per heavy atom. The predicted molar refractivity (Wildman–Crippen MR) is 80.0 cm³/mol. The van der Waals surface area contributed by atoms with E-state index in [0.29, 0.717) is 25.7 Å². The van der Waals surface area contributed by atoms with Gasteiger partial charge in [-0.05, 0) is 12.3 Å². The summed E-state index contributed by atoms with van der Waals surface area (Å²) < 4.78 is 21.0. The highest BCUT2D eigenvalue weighted by Crippen LogP contribution is 2.15. The number of ether oxygens (including phenoxy) is 4. The average Bonchev–Trinajstić information content (AvgIpc) is 2.45. The zero-order chi connectivity index (χ0) is 16.5. The maximum absolute atomic E-state index is 11.6. The topological polar surface area (TPSA) is 71.1 Å². The van der Waals surface area contributed by atoms with Crippen molar-refractivity contribution in [2.24, 2.45) is 11.8 Å². The molecule has 0 aromatic rings. The monoisotopic (exact) mass is 314 g/mol. The molecule has 1 saturated heterocycles. The Balaban J connectivity index is 2.23. The van der Waals surface area contributed by atoms with Gasteiger partial charge in [-0.3, -0.25) is 0 Å². The molecule has 0 atom stereocenters. The van der Waals surface area contributed by atoms with Crippen LogP contribution in [0.1, 0.15) is 34.1 Å². The van der Waals surface area contributed by atoms with Crippen LogP contribution in [0, 0.1) is 11.8 Å². The highest BCUT2D eigenvalue weighted by atomic mass is 16.7. The van der Waals surface area contributed by atoms with E-state index in [-0.39, 0.29) is 12.2 Å². The molecule has 1 heterocycles. The molecule has 0 unspecified atom stereocenters. The summed E-state index contributed by atoms with van der Waals surface area (Å²) >= 11 is 0. The van der Waals surface area contributed by atoms with Gasteiger partial charge in [-0.15, -0.1) is 0 Å². The Morgan fingerprint density at radius 3 is 2.23 bits per heavy atom. The van der Waals surface area contributed by atoms with Crippen molar-refractivity contribution in [3.63, 3.8) is 0 Å². The lowest BCUT2D eigenvalue weighted by molar-refractivity contribution is -0.238. The fourth-order valence-corrected chi connectivity index (χ4v) is 1.74. The molecule has 6 heteroatoms. The van der Waals surface area contributed by atoms with Crippen molar-refractivity contribution < 1.29 is 28.5 Å². The first-order chi connectivity index (χ1) is 10.4. The standard InChI is InChI=1S/C16H26O6/c1-11(2)7-8-19-14(17)5-6-15(18)22-13-9-20-16(12(3)4)21-10-13/h5-6,11-13,16H,7-10H2,1-4H3/b6-5-. The van der Waals surface area contributed by atoms with E-state index in [0.717, 1.165) is 18.6 Å². The summed E-state index contributed by atoms with van der Waals surface area (Å²) in [4.78, 5) is 23.0. The molecule has 126 valence electrons. The summed E-state index contributed by atoms with van der Waals surface area (Å²) in [6.45, 7) is 8.99. The maximum Gasteiger partial charge on any atom is 0.331 e. The Kier molecular flexibility index (Phi) is 8.12. The molecular weight excluding hydrogens is 288 g/mol. The minimum atomic E-state index is -0.610. The molecule has 1 aliphatic heterocycles. The van der Waals surface area contributed by atoms with E-state index in [1.54, 1.807) is 0 Å². The van der Waals surface area contributed by atoms with Gasteiger partial charge in [-0.25, -0.2) is 9.59 Å². The molecule has 0 bridgehead atoms. The van der Waals surface area contributed by atoms with Crippen molar-refractivity contribution in [3.05, 3.63) is 12.2 Å². The van der Waals surface area contributed by atoms with E-state index in [4.69, 9.17) is 18.9 Å². The van der Waals surface area contributed by atoms with Crippen LogP contribution < -0.4 is 0 Å². The number of hydrogen-bond acceptors (Lipinski definition) is 6. The van der Waals surface area contributed by atoms with Crippen molar-refractivity contribution in [3.8, 4) is 0 Å². The lowest BCUT2D eigenvalue weighted by Crippen LogP contribution is -2.40. The largest absolute Gasteiger partial charge is 0.463 e. The molecule has 0 saturated carbocycles. The SMILES string of the molecule is CC(C)CCOC(=O)/C=C\C(=O)OC1COC(C(C)C)OC1. The van der Waals surface area contributed by atoms with Gasteiger partial charge < -0.3 is 18.9 Å². The van der Waals surface area contributed by atoms with Crippen LogP contribution in [0.25, 0.3) is 0 Å². The van der Waals surface area contributed by atoms with E-state index in [1.807, 2.05) is 27.7 Å². The Labute approximate surface area is 131 Å². The van der Waals surface area contributed by atoms with Gasteiger partial charge in [-0.1, -0.05) is 27.7 Å². The molecule has 0 aromatic heterocycles. The third-order valence-corrected chi connectivity index (χ3v) is 3.01. The van der Waals surface area contributed by atoms with Crippen molar-refractivity contribution >= 4 is 11.9 Å². The first kappa shape index (κ1) is 18.6. The molecule has 0 radical (unpaired) electrons. The number of carbonyl (C=O) groups excluding carboxylic acids is 2. The average molecular weight is 314 g/mol. The lowest BCUT2D eigenvalue weighted by Gasteiger charge is -2.30. The lowest BCUT2D eigenvalue weighted by atomic mass is 10.1. The molecule has 0 aliphatic carbocycles. The number of rotatable bonds is 7. The normalized spacial score (nSPS) is 22.3. The van der Waals surface area contributed by atoms with Crippen molar-refractivity contribution in [2.75, 3.05) is 19.8 Å². The molecule has 1 aliphatic rings. The molecular formula is C16H26O6. The van der Waals surface area contributed by atoms with E-state index in [1.165, 1.54) is 0 Å². The summed E-state index contributed by atoms with van der Waals surface area (Å²) in [7, 11) is 0. The Morgan fingerprint density at radius 1 is 1.09 bits per heavy atom. The summed E-state index contributed by atoms with van der Waals surface area (Å²) in [5.74, 6) is -0.450. The zero-order valence-corrected chi connectivity index (χ0v) is 13.7. The summed E-state index contributed by atoms with van der Waals surface area (Å²) in [5.41, 5.74) is 0. The van der Waals surface area contributed by atoms with Gasteiger partial charge in [0.2, 0.25) is 0 Å². The summed E-state index contributed by atoms with van der Waals surface area (Å²) in [6, 6.07) is 0. The second-order valence-corrected chi connectivity index (χ2v) is 6.02. The van der Waals surface area contributed by atoms with Crippen LogP contribution in [0.5, 0.6) is 0 Å². The van der Waals surface area contributed by atoms with Gasteiger partial charge in [0.05, 0.1) is 19.8 Å². The number of hydrogen-bond donors (Lipinski definition) is 0. The zero-order valence-electron chi connectivity index (χ0n) is 13.7. The van der Waals surface area contributed by atoms with Gasteiger partial charge >= 0.3 is 11.9 Å². The van der Waals surface area contributed by atoms with Gasteiger partial charge in [0.15, 0.2) is 6.29 Å². The van der Waals surface area contributed by atoms with Gasteiger partial charge in [0.25, 0.3) is 0 Å². The molecule has 1 rings (SSSR count). The maximum atomic E-state index is 11.6. The van der Waals surface area contributed by atoms with E-state index < -0.39 is 18.0 Å². The van der Waals surface area contributed by atoms with Gasteiger partial charge in [-0.2, -0.15) is 0 Å². The van der Waals surface area contributed by atoms with E-state index in [2.05, 4.69) is 0 Å². The number of esters is 2. The van der Waals surface area contributed by atoms with Crippen LogP contribution >= 0.6 is 0 Å². The highest BCUT2D eigenvalue weighted by molar-refractivity contribution is 5.91. The van der Waals surface area contributed by atoms with Gasteiger partial charge in [0.1, 0.15) is 6.10 Å². The first-order valence-corrected chi connectivity index (χ1v) is 7.67. The molecule has 22 heavy (non-hydrogen) atoms. The fraction of sp³-hybridized carbons (Fsp3) is 0.750. The number of carbonyl (C=O) groups is 2. The van der Waals surface area contributed by atoms with Crippen LogP contribution in [0.2, 0.25) is 0 Å². The van der Waals surface area contributed by atoms with Crippen molar-refractivity contribution in [1.29, 1.82) is 0 Å². The van der Waals surface area contributed by atoms with Crippen LogP contribution in [-0.2, 0) is 28.5 Å². The second kappa shape index (κ2) is 9.58. The van der Waals surface area contributed by atoms with Crippen LogP contribution in [0.15, 0.2) is 12.2 Å². The quantitative estimate of drug-likeness (QED) is 0.529. The molecule has 0 N–H and O–H groups in total. The first-order valence-electron chi connectivity index (χ1n) is 7.67. The van der Waals surface area contributed by atoms with E-state index in [9.17, 15) is 9.59 Å².